The van der Waals surface area contributed by atoms with Gasteiger partial charge in [-0.15, -0.1) is 0 Å². The Balaban J connectivity index is 0.00000120. The maximum absolute atomic E-state index is 15.2. The summed E-state index contributed by atoms with van der Waals surface area (Å²) in [4.78, 5) is 50.4. The number of nitrogens with one attached hydrogen (secondary N) is 2. The SMILES string of the molecule is CC(=O)O.COc1cc2ccc1CNC(=O)COc1cccc(c1)-c1ccc(F)c(c1)C(=O)N[C@@H]1CN(C(=O)Cn3nc(C)cc3C)CC[C@@H]1O2. The number of hydrogen-bond acceptors (Lipinski definition) is 8. The number of carbonyl (C=O) groups excluding carboxylic acids is 3. The van der Waals surface area contributed by atoms with Gasteiger partial charge in [-0.3, -0.25) is 23.9 Å². The minimum absolute atomic E-state index is 0.0561. The molecule has 0 radical (unpaired) electrons. The lowest BCUT2D eigenvalue weighted by molar-refractivity contribution is -0.135. The quantitative estimate of drug-likeness (QED) is 0.288. The normalized spacial score (nSPS) is 17.3. The Morgan fingerprint density at radius 1 is 1.04 bits per heavy atom. The molecule has 3 N–H and O–H groups in total. The molecule has 0 unspecified atom stereocenters. The maximum Gasteiger partial charge on any atom is 0.300 e. The van der Waals surface area contributed by atoms with Gasteiger partial charge in [-0.2, -0.15) is 5.10 Å². The van der Waals surface area contributed by atoms with E-state index in [-0.39, 0.29) is 43.6 Å². The number of benzene rings is 3. The predicted molar refractivity (Wildman–Crippen MR) is 184 cm³/mol. The van der Waals surface area contributed by atoms with Crippen LogP contribution in [-0.2, 0) is 27.5 Å². The average Bonchev–Trinajstić information content (AvgIpc) is 3.42. The average molecular weight is 702 g/mol. The van der Waals surface area contributed by atoms with E-state index in [0.29, 0.717) is 41.3 Å². The topological polar surface area (TPSA) is 161 Å². The molecule has 3 amide bonds. The summed E-state index contributed by atoms with van der Waals surface area (Å²) in [5.74, 6) is -1.22. The van der Waals surface area contributed by atoms with Gasteiger partial charge in [-0.1, -0.05) is 18.2 Å². The summed E-state index contributed by atoms with van der Waals surface area (Å²) in [5, 5.41) is 17.6. The highest BCUT2D eigenvalue weighted by Gasteiger charge is 2.35. The maximum atomic E-state index is 15.2. The molecular formula is C37H40FN5O8. The van der Waals surface area contributed by atoms with Crippen LogP contribution < -0.4 is 24.8 Å². The molecule has 3 aromatic carbocycles. The molecule has 1 aromatic heterocycles. The molecule has 13 nitrogen and oxygen atoms in total. The largest absolute Gasteiger partial charge is 0.496 e. The van der Waals surface area contributed by atoms with Crippen molar-refractivity contribution in [2.75, 3.05) is 26.8 Å². The third-order valence-electron chi connectivity index (χ3n) is 8.38. The first-order chi connectivity index (χ1) is 24.4. The number of aromatic nitrogens is 2. The minimum atomic E-state index is -0.833. The zero-order chi connectivity index (χ0) is 36.7. The Labute approximate surface area is 294 Å². The van der Waals surface area contributed by atoms with Crippen molar-refractivity contribution < 1.29 is 42.9 Å². The molecular weight excluding hydrogens is 661 g/mol. The highest BCUT2D eigenvalue weighted by molar-refractivity contribution is 5.96. The number of fused-ring (bicyclic) bond motifs is 7. The molecule has 1 saturated heterocycles. The van der Waals surface area contributed by atoms with E-state index in [1.165, 1.54) is 19.2 Å². The fourth-order valence-corrected chi connectivity index (χ4v) is 5.90. The van der Waals surface area contributed by atoms with Gasteiger partial charge in [0.05, 0.1) is 24.4 Å². The Morgan fingerprint density at radius 2 is 1.80 bits per heavy atom. The number of likely N-dealkylation sites (tertiary alicyclic amines) is 1. The van der Waals surface area contributed by atoms with Gasteiger partial charge < -0.3 is 34.9 Å². The minimum Gasteiger partial charge on any atom is -0.496 e. The number of ether oxygens (including phenoxy) is 3. The summed E-state index contributed by atoms with van der Waals surface area (Å²) in [6.07, 6.45) is -0.138. The molecule has 0 spiro atoms. The van der Waals surface area contributed by atoms with Crippen molar-refractivity contribution >= 4 is 23.7 Å². The number of halogens is 1. The van der Waals surface area contributed by atoms with E-state index in [1.807, 2.05) is 19.9 Å². The lowest BCUT2D eigenvalue weighted by Gasteiger charge is -2.39. The Morgan fingerprint density at radius 3 is 2.53 bits per heavy atom. The number of carboxylic acids is 1. The molecule has 1 fully saturated rings. The molecule has 51 heavy (non-hydrogen) atoms. The fraction of sp³-hybridized carbons (Fsp3) is 0.324. The van der Waals surface area contributed by atoms with Crippen LogP contribution in [0.2, 0.25) is 0 Å². The second-order valence-electron chi connectivity index (χ2n) is 12.2. The summed E-state index contributed by atoms with van der Waals surface area (Å²) in [6, 6.07) is 17.8. The van der Waals surface area contributed by atoms with E-state index in [9.17, 15) is 14.4 Å². The van der Waals surface area contributed by atoms with Gasteiger partial charge in [0.25, 0.3) is 17.8 Å². The first kappa shape index (κ1) is 36.4. The van der Waals surface area contributed by atoms with Crippen LogP contribution in [0.15, 0.2) is 66.7 Å². The number of carbonyl (C=O) groups is 4. The second kappa shape index (κ2) is 16.2. The van der Waals surface area contributed by atoms with Gasteiger partial charge in [-0.25, -0.2) is 4.39 Å². The number of carboxylic acid groups (broad SMARTS) is 1. The van der Waals surface area contributed by atoms with Crippen LogP contribution in [0.5, 0.6) is 17.2 Å². The number of amides is 3. The van der Waals surface area contributed by atoms with E-state index in [4.69, 9.17) is 24.1 Å². The third kappa shape index (κ3) is 9.41. The first-order valence-corrected chi connectivity index (χ1v) is 16.3. The molecule has 14 heteroatoms. The van der Waals surface area contributed by atoms with Crippen molar-refractivity contribution in [3.63, 3.8) is 0 Å². The van der Waals surface area contributed by atoms with E-state index in [1.54, 1.807) is 58.1 Å². The van der Waals surface area contributed by atoms with Gasteiger partial charge in [0.2, 0.25) is 5.91 Å². The van der Waals surface area contributed by atoms with Crippen molar-refractivity contribution in [3.05, 3.63) is 95.1 Å². The number of hydrogen-bond donors (Lipinski definition) is 3. The van der Waals surface area contributed by atoms with Crippen LogP contribution in [-0.4, -0.2) is 82.4 Å². The zero-order valence-electron chi connectivity index (χ0n) is 28.8. The van der Waals surface area contributed by atoms with Gasteiger partial charge in [0.15, 0.2) is 6.61 Å². The van der Waals surface area contributed by atoms with Crippen molar-refractivity contribution in [2.45, 2.75) is 52.4 Å². The van der Waals surface area contributed by atoms with Crippen LogP contribution in [0.4, 0.5) is 4.39 Å². The van der Waals surface area contributed by atoms with E-state index >= 15 is 4.39 Å². The van der Waals surface area contributed by atoms with Gasteiger partial charge >= 0.3 is 0 Å². The number of rotatable bonds is 3. The van der Waals surface area contributed by atoms with Crippen LogP contribution in [0.1, 0.15) is 40.7 Å². The van der Waals surface area contributed by atoms with Crippen molar-refractivity contribution in [2.24, 2.45) is 0 Å². The molecule has 4 heterocycles. The van der Waals surface area contributed by atoms with Crippen molar-refractivity contribution in [1.29, 1.82) is 0 Å². The first-order valence-electron chi connectivity index (χ1n) is 16.3. The van der Waals surface area contributed by atoms with Crippen LogP contribution in [0.3, 0.4) is 0 Å². The summed E-state index contributed by atoms with van der Waals surface area (Å²) in [6.45, 7) is 5.43. The van der Waals surface area contributed by atoms with Crippen LogP contribution in [0.25, 0.3) is 11.1 Å². The van der Waals surface area contributed by atoms with Crippen LogP contribution >= 0.6 is 0 Å². The molecule has 2 atom stereocenters. The zero-order valence-corrected chi connectivity index (χ0v) is 28.8. The Kier molecular flexibility index (Phi) is 11.5. The fourth-order valence-electron chi connectivity index (χ4n) is 5.90. The molecule has 268 valence electrons. The molecule has 3 aliphatic rings. The number of piperidine rings is 1. The highest BCUT2D eigenvalue weighted by Crippen LogP contribution is 2.29. The Bertz CT molecular complexity index is 1920. The summed E-state index contributed by atoms with van der Waals surface area (Å²) < 4.78 is 34.6. The third-order valence-corrected chi connectivity index (χ3v) is 8.38. The molecule has 4 aromatic rings. The van der Waals surface area contributed by atoms with Gasteiger partial charge in [0.1, 0.15) is 35.7 Å². The van der Waals surface area contributed by atoms with Gasteiger partial charge in [0, 0.05) is 50.3 Å². The number of methoxy groups -OCH3 is 1. The molecule has 7 rings (SSSR count). The lowest BCUT2D eigenvalue weighted by Crippen LogP contribution is -2.58. The Hall–Kier alpha value is -5.92. The van der Waals surface area contributed by atoms with Crippen molar-refractivity contribution in [3.8, 4) is 28.4 Å². The molecule has 6 bridgehead atoms. The number of aryl methyl sites for hydroxylation is 2. The molecule has 3 aliphatic heterocycles. The monoisotopic (exact) mass is 701 g/mol. The summed E-state index contributed by atoms with van der Waals surface area (Å²) >= 11 is 0. The standard InChI is InChI=1S/C35H36FN5O6.C2H4O2/c1-21-13-22(2)41(39-21)19-34(43)40-12-11-31-30(18-40)38-35(44)28-15-24(8-10-29(28)36)23-5-4-6-26(14-23)46-20-33(42)37-17-25-7-9-27(47-31)16-32(25)45-3;1-2(3)4/h4-10,13-16,30-31H,11-12,17-20H2,1-3H3,(H,37,42)(H,38,44);1H3,(H,3,4)/t30-,31+;/m1./s1. The summed E-state index contributed by atoms with van der Waals surface area (Å²) in [7, 11) is 1.53. The van der Waals surface area contributed by atoms with Crippen LogP contribution in [0, 0.1) is 19.7 Å². The number of aliphatic carboxylic acids is 1. The highest BCUT2D eigenvalue weighted by atomic mass is 19.1. The molecule has 0 saturated carbocycles. The molecule has 0 aliphatic carbocycles. The van der Waals surface area contributed by atoms with Gasteiger partial charge in [-0.05, 0) is 67.4 Å². The lowest BCUT2D eigenvalue weighted by atomic mass is 9.99. The second-order valence-corrected chi connectivity index (χ2v) is 12.2. The smallest absolute Gasteiger partial charge is 0.300 e. The number of nitrogens with zero attached hydrogens (tertiary/aromatic N) is 3. The van der Waals surface area contributed by atoms with E-state index in [0.717, 1.165) is 23.9 Å². The van der Waals surface area contributed by atoms with E-state index in [2.05, 4.69) is 15.7 Å². The summed E-state index contributed by atoms with van der Waals surface area (Å²) in [5.41, 5.74) is 3.53. The van der Waals surface area contributed by atoms with E-state index < -0.39 is 29.8 Å². The van der Waals surface area contributed by atoms with Crippen molar-refractivity contribution in [1.82, 2.24) is 25.3 Å². The predicted octanol–water partition coefficient (Wildman–Crippen LogP) is 3.89.